The molecule has 9 heteroatoms. The second-order valence-corrected chi connectivity index (χ2v) is 7.39. The highest BCUT2D eigenvalue weighted by atomic mass is 16.4. The van der Waals surface area contributed by atoms with E-state index in [1.54, 1.807) is 6.92 Å². The summed E-state index contributed by atoms with van der Waals surface area (Å²) >= 11 is 0. The lowest BCUT2D eigenvalue weighted by Crippen LogP contribution is -2.42. The first kappa shape index (κ1) is 21.1. The zero-order chi connectivity index (χ0) is 22.7. The van der Waals surface area contributed by atoms with Crippen LogP contribution in [0.2, 0.25) is 0 Å². The van der Waals surface area contributed by atoms with Crippen LogP contribution < -0.4 is 0 Å². The fraction of sp³-hybridized carbons (Fsp3) is 0.217. The summed E-state index contributed by atoms with van der Waals surface area (Å²) in [5, 5.41) is 24.5. The highest BCUT2D eigenvalue weighted by Crippen LogP contribution is 2.30. The predicted molar refractivity (Wildman–Crippen MR) is 118 cm³/mol. The second-order valence-electron chi connectivity index (χ2n) is 7.39. The largest absolute Gasteiger partial charge is 0.480 e. The van der Waals surface area contributed by atoms with Crippen LogP contribution in [0, 0.1) is 0 Å². The smallest absolute Gasteiger partial charge is 0.326 e. The van der Waals surface area contributed by atoms with E-state index in [1.165, 1.54) is 11.8 Å². The van der Waals surface area contributed by atoms with Crippen molar-refractivity contribution in [1.82, 2.24) is 30.5 Å². The minimum absolute atomic E-state index is 0.202. The molecule has 1 amide bonds. The van der Waals surface area contributed by atoms with E-state index in [0.29, 0.717) is 5.82 Å². The number of aliphatic carboxylic acids is 1. The summed E-state index contributed by atoms with van der Waals surface area (Å²) in [5.74, 6) is -0.739. The summed E-state index contributed by atoms with van der Waals surface area (Å²) in [6, 6.07) is 16.4. The highest BCUT2D eigenvalue weighted by Gasteiger charge is 2.24. The molecular formula is C23H22N6O3. The van der Waals surface area contributed by atoms with E-state index < -0.39 is 12.0 Å². The third-order valence-electron chi connectivity index (χ3n) is 5.34. The van der Waals surface area contributed by atoms with Gasteiger partial charge in [-0.2, -0.15) is 5.21 Å². The molecule has 9 nitrogen and oxygen atoms in total. The monoisotopic (exact) mass is 430 g/mol. The number of amides is 1. The van der Waals surface area contributed by atoms with Gasteiger partial charge in [0.15, 0.2) is 0 Å². The van der Waals surface area contributed by atoms with E-state index in [9.17, 15) is 14.7 Å². The van der Waals surface area contributed by atoms with Crippen molar-refractivity contribution < 1.29 is 14.7 Å². The first-order valence-corrected chi connectivity index (χ1v) is 10.2. The van der Waals surface area contributed by atoms with Gasteiger partial charge >= 0.3 is 5.97 Å². The quantitative estimate of drug-likeness (QED) is 0.461. The molecular weight excluding hydrogens is 408 g/mol. The Hall–Kier alpha value is -4.14. The first-order chi connectivity index (χ1) is 15.5. The fourth-order valence-corrected chi connectivity index (χ4v) is 3.57. The number of H-pyrrole nitrogens is 1. The maximum Gasteiger partial charge on any atom is 0.326 e. The van der Waals surface area contributed by atoms with Crippen LogP contribution in [0.25, 0.3) is 33.5 Å². The van der Waals surface area contributed by atoms with Gasteiger partial charge in [0.25, 0.3) is 0 Å². The van der Waals surface area contributed by atoms with Crippen molar-refractivity contribution in [2.24, 2.45) is 0 Å². The van der Waals surface area contributed by atoms with Crippen LogP contribution in [0.1, 0.15) is 25.8 Å². The average Bonchev–Trinajstić information content (AvgIpc) is 3.36. The molecule has 0 aliphatic rings. The van der Waals surface area contributed by atoms with Gasteiger partial charge in [-0.1, -0.05) is 43.3 Å². The van der Waals surface area contributed by atoms with E-state index in [-0.39, 0.29) is 18.9 Å². The first-order valence-electron chi connectivity index (χ1n) is 10.2. The number of hydrogen-bond donors (Lipinski definition) is 2. The van der Waals surface area contributed by atoms with Gasteiger partial charge in [0.05, 0.1) is 11.2 Å². The van der Waals surface area contributed by atoms with Crippen LogP contribution in [0.3, 0.4) is 0 Å². The predicted octanol–water partition coefficient (Wildman–Crippen LogP) is 3.29. The number of aromatic nitrogens is 5. The maximum atomic E-state index is 12.3. The molecule has 0 fully saturated rings. The molecule has 4 aromatic rings. The van der Waals surface area contributed by atoms with E-state index in [2.05, 4.69) is 20.6 Å². The van der Waals surface area contributed by atoms with Gasteiger partial charge in [0, 0.05) is 29.5 Å². The zero-order valence-electron chi connectivity index (χ0n) is 17.7. The van der Waals surface area contributed by atoms with Gasteiger partial charge in [-0.15, -0.1) is 10.2 Å². The molecule has 0 bridgehead atoms. The van der Waals surface area contributed by atoms with E-state index >= 15 is 0 Å². The van der Waals surface area contributed by atoms with Crippen LogP contribution in [0.15, 0.2) is 54.6 Å². The average molecular weight is 430 g/mol. The molecule has 0 aliphatic carbocycles. The molecule has 4 rings (SSSR count). The third-order valence-corrected chi connectivity index (χ3v) is 5.34. The van der Waals surface area contributed by atoms with Gasteiger partial charge < -0.3 is 10.0 Å². The van der Waals surface area contributed by atoms with Crippen molar-refractivity contribution in [2.75, 3.05) is 0 Å². The lowest BCUT2D eigenvalue weighted by Gasteiger charge is -2.26. The third kappa shape index (κ3) is 4.18. The Bertz CT molecular complexity index is 1270. The van der Waals surface area contributed by atoms with Crippen molar-refractivity contribution in [2.45, 2.75) is 32.9 Å². The Morgan fingerprint density at radius 1 is 1.09 bits per heavy atom. The van der Waals surface area contributed by atoms with Crippen LogP contribution in [0.5, 0.6) is 0 Å². The van der Waals surface area contributed by atoms with E-state index in [4.69, 9.17) is 4.98 Å². The summed E-state index contributed by atoms with van der Waals surface area (Å²) < 4.78 is 0. The Morgan fingerprint density at radius 2 is 1.88 bits per heavy atom. The molecule has 0 spiro atoms. The molecule has 32 heavy (non-hydrogen) atoms. The molecule has 2 N–H and O–H groups in total. The van der Waals surface area contributed by atoms with Crippen molar-refractivity contribution in [1.29, 1.82) is 0 Å². The summed E-state index contributed by atoms with van der Waals surface area (Å²) in [7, 11) is 0. The Morgan fingerprint density at radius 3 is 2.56 bits per heavy atom. The number of carboxylic acids is 1. The molecule has 2 heterocycles. The number of pyridine rings is 1. The number of tetrazole rings is 1. The number of nitrogens with one attached hydrogen (secondary N) is 1. The van der Waals surface area contributed by atoms with Crippen LogP contribution in [-0.2, 0) is 16.1 Å². The normalized spacial score (nSPS) is 11.9. The molecule has 2 aromatic carbocycles. The van der Waals surface area contributed by atoms with Crippen molar-refractivity contribution >= 4 is 22.8 Å². The summed E-state index contributed by atoms with van der Waals surface area (Å²) in [4.78, 5) is 29.9. The fourth-order valence-electron chi connectivity index (χ4n) is 3.57. The van der Waals surface area contributed by atoms with Crippen LogP contribution in [0.4, 0.5) is 0 Å². The standard InChI is InChI=1S/C23H22N6O3/c1-3-21(30)29(14(2)23(31)32)13-15-8-10-19-16(12-15)9-11-20(24-19)17-6-4-5-7-18(17)22-25-27-28-26-22/h4-12,14H,3,13H2,1-2H3,(H,31,32)(H,25,26,27,28)/t14-/m0/s1. The van der Waals surface area contributed by atoms with Crippen molar-refractivity contribution in [3.05, 3.63) is 60.2 Å². The number of benzene rings is 2. The lowest BCUT2D eigenvalue weighted by molar-refractivity contribution is -0.149. The number of carbonyl (C=O) groups excluding carboxylic acids is 1. The number of carbonyl (C=O) groups is 2. The van der Waals surface area contributed by atoms with E-state index in [0.717, 1.165) is 33.3 Å². The zero-order valence-corrected chi connectivity index (χ0v) is 17.7. The molecule has 0 unspecified atom stereocenters. The minimum atomic E-state index is -1.03. The summed E-state index contributed by atoms with van der Waals surface area (Å²) in [5.41, 5.74) is 4.10. The number of hydrogen-bond acceptors (Lipinski definition) is 6. The molecule has 0 saturated heterocycles. The van der Waals surface area contributed by atoms with Crippen molar-refractivity contribution in [3.63, 3.8) is 0 Å². The Labute approximate surface area is 184 Å². The topological polar surface area (TPSA) is 125 Å². The van der Waals surface area contributed by atoms with Gasteiger partial charge in [-0.05, 0) is 35.9 Å². The molecule has 1 atom stereocenters. The van der Waals surface area contributed by atoms with Gasteiger partial charge in [0.1, 0.15) is 6.04 Å². The van der Waals surface area contributed by atoms with Gasteiger partial charge in [-0.3, -0.25) is 4.79 Å². The maximum absolute atomic E-state index is 12.3. The van der Waals surface area contributed by atoms with Crippen molar-refractivity contribution in [3.8, 4) is 22.6 Å². The number of rotatable bonds is 7. The Kier molecular flexibility index (Phi) is 5.89. The number of fused-ring (bicyclic) bond motifs is 1. The number of aromatic amines is 1. The summed E-state index contributed by atoms with van der Waals surface area (Å²) in [6.07, 6.45) is 0.246. The van der Waals surface area contributed by atoms with Gasteiger partial charge in [0.2, 0.25) is 11.7 Å². The minimum Gasteiger partial charge on any atom is -0.480 e. The molecule has 0 aliphatic heterocycles. The molecule has 0 radical (unpaired) electrons. The second kappa shape index (κ2) is 8.93. The van der Waals surface area contributed by atoms with Crippen LogP contribution >= 0.6 is 0 Å². The number of carboxylic acid groups (broad SMARTS) is 1. The van der Waals surface area contributed by atoms with Gasteiger partial charge in [-0.25, -0.2) is 9.78 Å². The molecule has 2 aromatic heterocycles. The lowest BCUT2D eigenvalue weighted by atomic mass is 10.0. The molecule has 162 valence electrons. The SMILES string of the molecule is CCC(=O)N(Cc1ccc2nc(-c3ccccc3-c3nn[nH]n3)ccc2c1)[C@@H](C)C(=O)O. The van der Waals surface area contributed by atoms with E-state index in [1.807, 2.05) is 54.6 Å². The number of nitrogens with zero attached hydrogens (tertiary/aromatic N) is 5. The Balaban J connectivity index is 1.67. The van der Waals surface area contributed by atoms with Crippen LogP contribution in [-0.4, -0.2) is 53.5 Å². The summed E-state index contributed by atoms with van der Waals surface area (Å²) in [6.45, 7) is 3.46. The highest BCUT2D eigenvalue weighted by molar-refractivity contribution is 5.86. The molecule has 0 saturated carbocycles.